The Balaban J connectivity index is 1.27. The molecule has 6 rings (SSSR count). The summed E-state index contributed by atoms with van der Waals surface area (Å²) in [6.45, 7) is 2.19. The summed E-state index contributed by atoms with van der Waals surface area (Å²) in [5.41, 5.74) is 8.74. The van der Waals surface area contributed by atoms with Crippen molar-refractivity contribution >= 4 is 51.7 Å². The Labute approximate surface area is 265 Å². The average molecular weight is 638 g/mol. The first-order valence-corrected chi connectivity index (χ1v) is 15.8. The molecule has 2 amide bonds. The minimum absolute atomic E-state index is 0.0212. The van der Waals surface area contributed by atoms with Gasteiger partial charge in [-0.1, -0.05) is 41.4 Å². The Kier molecular flexibility index (Phi) is 9.18. The summed E-state index contributed by atoms with van der Waals surface area (Å²) < 4.78 is 17.6. The predicted octanol–water partition coefficient (Wildman–Crippen LogP) is 5.84. The number of nitrogens with zero attached hydrogens (tertiary/aromatic N) is 3. The number of hydrogen-bond donors (Lipinski definition) is 3. The maximum atomic E-state index is 15.5. The molecule has 0 spiro atoms. The molecule has 4 aromatic rings. The third-order valence-electron chi connectivity index (χ3n) is 8.66. The van der Waals surface area contributed by atoms with Gasteiger partial charge in [0, 0.05) is 54.4 Å². The van der Waals surface area contributed by atoms with Crippen LogP contribution in [0.15, 0.2) is 67.0 Å². The molecule has 2 heterocycles. The maximum Gasteiger partial charge on any atom is 0.251 e. The first kappa shape index (κ1) is 30.5. The standard InChI is InChI=1S/C33H35Cl2FN6O2/c34-22-3-1-4-23(16-22)40-33(44)31-26(25-5-2-6-27(35)30(25)36)17-24(42(31)18-20-7-8-20)11-14-41-19-39-28-15-21(9-10-29(28)41)32(43)38-13-12-37/h1-6,9-10,15-16,19-20,24,26,31H,7-8,11-14,17-18,37H2,(H,38,43)(H,40,44)/t24-,26?,31?/m0/s1. The molecule has 11 heteroatoms. The lowest BCUT2D eigenvalue weighted by Crippen LogP contribution is -2.46. The van der Waals surface area contributed by atoms with Gasteiger partial charge in [0.05, 0.1) is 28.4 Å². The van der Waals surface area contributed by atoms with E-state index in [0.717, 1.165) is 36.8 Å². The van der Waals surface area contributed by atoms with E-state index in [1.54, 1.807) is 54.9 Å². The highest BCUT2D eigenvalue weighted by atomic mass is 35.5. The molecular formula is C33H35Cl2FN6O2. The smallest absolute Gasteiger partial charge is 0.251 e. The normalized spacial score (nSPS) is 20.2. The summed E-state index contributed by atoms with van der Waals surface area (Å²) >= 11 is 12.4. The number of halogens is 3. The summed E-state index contributed by atoms with van der Waals surface area (Å²) in [5.74, 6) is -0.715. The zero-order chi connectivity index (χ0) is 30.8. The second kappa shape index (κ2) is 13.2. The monoisotopic (exact) mass is 636 g/mol. The fourth-order valence-corrected chi connectivity index (χ4v) is 6.71. The average Bonchev–Trinajstić information content (AvgIpc) is 3.63. The molecule has 2 aliphatic rings. The summed E-state index contributed by atoms with van der Waals surface area (Å²) in [5, 5.41) is 6.41. The number of carbonyl (C=O) groups excluding carboxylic acids is 2. The van der Waals surface area contributed by atoms with Gasteiger partial charge in [0.2, 0.25) is 5.91 Å². The largest absolute Gasteiger partial charge is 0.351 e. The molecule has 230 valence electrons. The SMILES string of the molecule is NCCNC(=O)c1ccc2c(c1)ncn2CC[C@H]1CC(c2cccc(Cl)c2F)C(C(=O)Nc2cccc(Cl)c2)N1CC1CC1. The molecule has 1 aliphatic carbocycles. The third-order valence-corrected chi connectivity index (χ3v) is 9.18. The van der Waals surface area contributed by atoms with Crippen molar-refractivity contribution in [2.75, 3.05) is 25.0 Å². The number of hydrogen-bond acceptors (Lipinski definition) is 5. The third kappa shape index (κ3) is 6.61. The van der Waals surface area contributed by atoms with Gasteiger partial charge in [0.15, 0.2) is 0 Å². The van der Waals surface area contributed by atoms with E-state index in [1.165, 1.54) is 6.07 Å². The molecule has 4 N–H and O–H groups in total. The van der Waals surface area contributed by atoms with Crippen molar-refractivity contribution < 1.29 is 14.0 Å². The molecule has 2 unspecified atom stereocenters. The molecule has 3 atom stereocenters. The van der Waals surface area contributed by atoms with Crippen LogP contribution in [0.4, 0.5) is 10.1 Å². The topological polar surface area (TPSA) is 105 Å². The number of carbonyl (C=O) groups is 2. The van der Waals surface area contributed by atoms with Gasteiger partial charge in [-0.25, -0.2) is 9.37 Å². The quantitative estimate of drug-likeness (QED) is 0.192. The van der Waals surface area contributed by atoms with Crippen LogP contribution >= 0.6 is 23.2 Å². The van der Waals surface area contributed by atoms with E-state index in [9.17, 15) is 9.59 Å². The fraction of sp³-hybridized carbons (Fsp3) is 0.364. The Morgan fingerprint density at radius 3 is 2.66 bits per heavy atom. The van der Waals surface area contributed by atoms with E-state index < -0.39 is 11.9 Å². The lowest BCUT2D eigenvalue weighted by Gasteiger charge is -2.31. The molecule has 3 aromatic carbocycles. The molecule has 44 heavy (non-hydrogen) atoms. The number of amides is 2. The van der Waals surface area contributed by atoms with Crippen LogP contribution in [0.1, 0.15) is 47.5 Å². The van der Waals surface area contributed by atoms with Gasteiger partial charge >= 0.3 is 0 Å². The molecule has 2 fully saturated rings. The lowest BCUT2D eigenvalue weighted by molar-refractivity contribution is -0.121. The molecule has 1 saturated carbocycles. The van der Waals surface area contributed by atoms with Crippen molar-refractivity contribution in [3.05, 3.63) is 94.0 Å². The number of rotatable bonds is 11. The maximum absolute atomic E-state index is 15.5. The van der Waals surface area contributed by atoms with Crippen LogP contribution in [0.2, 0.25) is 10.0 Å². The van der Waals surface area contributed by atoms with Gasteiger partial charge < -0.3 is 20.9 Å². The van der Waals surface area contributed by atoms with E-state index in [2.05, 4.69) is 25.1 Å². The van der Waals surface area contributed by atoms with Crippen LogP contribution in [-0.2, 0) is 11.3 Å². The van der Waals surface area contributed by atoms with Crippen LogP contribution in [-0.4, -0.2) is 58.0 Å². The highest BCUT2D eigenvalue weighted by Gasteiger charge is 2.48. The number of anilines is 1. The Hall–Kier alpha value is -3.50. The molecule has 8 nitrogen and oxygen atoms in total. The van der Waals surface area contributed by atoms with Gasteiger partial charge in [-0.05, 0) is 79.6 Å². The van der Waals surface area contributed by atoms with E-state index in [-0.39, 0.29) is 28.8 Å². The number of likely N-dealkylation sites (tertiary alicyclic amines) is 1. The van der Waals surface area contributed by atoms with Gasteiger partial charge in [-0.2, -0.15) is 0 Å². The molecular weight excluding hydrogens is 602 g/mol. The van der Waals surface area contributed by atoms with E-state index in [1.807, 2.05) is 6.07 Å². The van der Waals surface area contributed by atoms with Crippen molar-refractivity contribution in [1.29, 1.82) is 0 Å². The Morgan fingerprint density at radius 1 is 1.07 bits per heavy atom. The van der Waals surface area contributed by atoms with E-state index in [4.69, 9.17) is 28.9 Å². The second-order valence-electron chi connectivity index (χ2n) is 11.7. The van der Waals surface area contributed by atoms with Crippen molar-refractivity contribution in [2.24, 2.45) is 11.7 Å². The molecule has 1 saturated heterocycles. The Bertz CT molecular complexity index is 1680. The van der Waals surface area contributed by atoms with Crippen LogP contribution in [0.3, 0.4) is 0 Å². The van der Waals surface area contributed by atoms with Crippen LogP contribution in [0.5, 0.6) is 0 Å². The zero-order valence-electron chi connectivity index (χ0n) is 24.2. The van der Waals surface area contributed by atoms with Gasteiger partial charge in [-0.3, -0.25) is 14.5 Å². The molecule has 0 radical (unpaired) electrons. The molecule has 0 bridgehead atoms. The summed E-state index contributed by atoms with van der Waals surface area (Å²) in [4.78, 5) is 33.3. The number of benzene rings is 3. The molecule has 1 aliphatic heterocycles. The van der Waals surface area contributed by atoms with Gasteiger partial charge in [0.1, 0.15) is 5.82 Å². The fourth-order valence-electron chi connectivity index (χ4n) is 6.34. The van der Waals surface area contributed by atoms with Crippen molar-refractivity contribution in [1.82, 2.24) is 19.8 Å². The number of aryl methyl sites for hydroxylation is 1. The number of nitrogens with one attached hydrogen (secondary N) is 2. The molecule has 1 aromatic heterocycles. The minimum atomic E-state index is -0.582. The number of aromatic nitrogens is 2. The number of fused-ring (bicyclic) bond motifs is 1. The number of nitrogens with two attached hydrogens (primary N) is 1. The Morgan fingerprint density at radius 2 is 1.89 bits per heavy atom. The highest BCUT2D eigenvalue weighted by Crippen LogP contribution is 2.44. The summed E-state index contributed by atoms with van der Waals surface area (Å²) in [6.07, 6.45) is 5.36. The zero-order valence-corrected chi connectivity index (χ0v) is 25.7. The summed E-state index contributed by atoms with van der Waals surface area (Å²) in [7, 11) is 0. The van der Waals surface area contributed by atoms with Crippen molar-refractivity contribution in [2.45, 2.75) is 50.2 Å². The van der Waals surface area contributed by atoms with Crippen molar-refractivity contribution in [3.8, 4) is 0 Å². The first-order chi connectivity index (χ1) is 21.3. The van der Waals surface area contributed by atoms with Crippen LogP contribution in [0, 0.1) is 11.7 Å². The van der Waals surface area contributed by atoms with Crippen LogP contribution < -0.4 is 16.4 Å². The second-order valence-corrected chi connectivity index (χ2v) is 12.5. The van der Waals surface area contributed by atoms with Gasteiger partial charge in [0.25, 0.3) is 5.91 Å². The minimum Gasteiger partial charge on any atom is -0.351 e. The first-order valence-electron chi connectivity index (χ1n) is 15.0. The summed E-state index contributed by atoms with van der Waals surface area (Å²) in [6, 6.07) is 17.0. The number of imidazole rings is 1. The lowest BCUT2D eigenvalue weighted by atomic mass is 9.89. The van der Waals surface area contributed by atoms with E-state index >= 15 is 4.39 Å². The highest BCUT2D eigenvalue weighted by molar-refractivity contribution is 6.31. The van der Waals surface area contributed by atoms with Crippen molar-refractivity contribution in [3.63, 3.8) is 0 Å². The van der Waals surface area contributed by atoms with Gasteiger partial charge in [-0.15, -0.1) is 0 Å². The van der Waals surface area contributed by atoms with Crippen LogP contribution in [0.25, 0.3) is 11.0 Å². The predicted molar refractivity (Wildman–Crippen MR) is 172 cm³/mol. The van der Waals surface area contributed by atoms with E-state index in [0.29, 0.717) is 53.8 Å².